The lowest BCUT2D eigenvalue weighted by molar-refractivity contribution is 0.390. The van der Waals surface area contributed by atoms with Crippen LogP contribution < -0.4 is 0 Å². The molecule has 0 bridgehead atoms. The Morgan fingerprint density at radius 1 is 0.833 bits per heavy atom. The molecule has 0 N–H and O–H groups in total. The number of nitrogens with zero attached hydrogens (tertiary/aromatic N) is 1. The van der Waals surface area contributed by atoms with Gasteiger partial charge in [0, 0.05) is 10.8 Å². The number of hydrogen-bond donors (Lipinski definition) is 0. The summed E-state index contributed by atoms with van der Waals surface area (Å²) in [5.74, 6) is 2.47. The fraction of sp³-hybridized carbons (Fsp3) is 0.455. The van der Waals surface area contributed by atoms with Gasteiger partial charge in [-0.1, -0.05) is 56.3 Å². The predicted molar refractivity (Wildman–Crippen MR) is 108 cm³/mol. The van der Waals surface area contributed by atoms with E-state index in [0.29, 0.717) is 5.92 Å². The van der Waals surface area contributed by atoms with E-state index in [0.717, 1.165) is 18.9 Å². The minimum atomic E-state index is 0.475. The van der Waals surface area contributed by atoms with Crippen LogP contribution in [0.2, 0.25) is 0 Å². The maximum atomic E-state index is 2.32. The number of thioether (sulfide) groups is 1. The van der Waals surface area contributed by atoms with E-state index in [2.05, 4.69) is 87.4 Å². The van der Waals surface area contributed by atoms with Gasteiger partial charge in [-0.2, -0.15) is 0 Å². The number of hydrogen-bond acceptors (Lipinski definition) is 2. The molecule has 0 radical (unpaired) electrons. The molecule has 0 amide bonds. The SMILES string of the molecule is CC(C)CCSc1ccc(C(CCN(C)C)c2ccccc2)cc1. The van der Waals surface area contributed by atoms with Crippen molar-refractivity contribution in [2.45, 2.75) is 37.5 Å². The van der Waals surface area contributed by atoms with Gasteiger partial charge < -0.3 is 4.90 Å². The molecule has 1 unspecified atom stereocenters. The van der Waals surface area contributed by atoms with Crippen molar-refractivity contribution in [3.8, 4) is 0 Å². The largest absolute Gasteiger partial charge is 0.309 e. The van der Waals surface area contributed by atoms with Gasteiger partial charge in [-0.05, 0) is 68.4 Å². The fourth-order valence-corrected chi connectivity index (χ4v) is 3.96. The highest BCUT2D eigenvalue weighted by molar-refractivity contribution is 7.99. The summed E-state index contributed by atoms with van der Waals surface area (Å²) in [5.41, 5.74) is 2.84. The molecule has 0 aliphatic rings. The van der Waals surface area contributed by atoms with E-state index in [9.17, 15) is 0 Å². The van der Waals surface area contributed by atoms with Gasteiger partial charge in [0.05, 0.1) is 0 Å². The highest BCUT2D eigenvalue weighted by Gasteiger charge is 2.14. The van der Waals surface area contributed by atoms with Crippen molar-refractivity contribution in [1.82, 2.24) is 4.90 Å². The van der Waals surface area contributed by atoms with Crippen LogP contribution in [-0.4, -0.2) is 31.3 Å². The Morgan fingerprint density at radius 3 is 2.04 bits per heavy atom. The van der Waals surface area contributed by atoms with Crippen LogP contribution in [0.5, 0.6) is 0 Å². The van der Waals surface area contributed by atoms with E-state index in [1.54, 1.807) is 0 Å². The Hall–Kier alpha value is -1.25. The average molecular weight is 342 g/mol. The molecule has 2 aromatic rings. The monoisotopic (exact) mass is 341 g/mol. The summed E-state index contributed by atoms with van der Waals surface area (Å²) in [6.07, 6.45) is 2.43. The van der Waals surface area contributed by atoms with Crippen molar-refractivity contribution in [1.29, 1.82) is 0 Å². The molecule has 0 saturated heterocycles. The Balaban J connectivity index is 2.08. The zero-order valence-corrected chi connectivity index (χ0v) is 16.4. The highest BCUT2D eigenvalue weighted by atomic mass is 32.2. The first kappa shape index (κ1) is 19.1. The zero-order chi connectivity index (χ0) is 17.4. The standard InChI is InChI=1S/C22H31NS/c1-18(2)15-17-24-21-12-10-20(11-13-21)22(14-16-23(3)4)19-8-6-5-7-9-19/h5-13,18,22H,14-17H2,1-4H3. The van der Waals surface area contributed by atoms with Crippen molar-refractivity contribution in [2.24, 2.45) is 5.92 Å². The molecular weight excluding hydrogens is 310 g/mol. The topological polar surface area (TPSA) is 3.24 Å². The van der Waals surface area contributed by atoms with Crippen molar-refractivity contribution < 1.29 is 0 Å². The minimum Gasteiger partial charge on any atom is -0.309 e. The van der Waals surface area contributed by atoms with Gasteiger partial charge in [-0.15, -0.1) is 11.8 Å². The summed E-state index contributed by atoms with van der Waals surface area (Å²) < 4.78 is 0. The van der Waals surface area contributed by atoms with E-state index in [4.69, 9.17) is 0 Å². The molecule has 0 saturated carbocycles. The molecule has 1 atom stereocenters. The van der Waals surface area contributed by atoms with Crippen LogP contribution in [0.4, 0.5) is 0 Å². The Morgan fingerprint density at radius 2 is 1.46 bits per heavy atom. The molecule has 1 nitrogen and oxygen atoms in total. The molecule has 2 aromatic carbocycles. The zero-order valence-electron chi connectivity index (χ0n) is 15.5. The molecule has 24 heavy (non-hydrogen) atoms. The predicted octanol–water partition coefficient (Wildman–Crippen LogP) is 5.91. The summed E-state index contributed by atoms with van der Waals surface area (Å²) in [4.78, 5) is 3.66. The van der Waals surface area contributed by atoms with E-state index in [1.165, 1.54) is 28.2 Å². The lowest BCUT2D eigenvalue weighted by Crippen LogP contribution is -2.16. The first-order chi connectivity index (χ1) is 11.6. The summed E-state index contributed by atoms with van der Waals surface area (Å²) in [5, 5.41) is 0. The third kappa shape index (κ3) is 6.33. The van der Waals surface area contributed by atoms with E-state index in [-0.39, 0.29) is 0 Å². The second-order valence-corrected chi connectivity index (χ2v) is 8.32. The first-order valence-corrected chi connectivity index (χ1v) is 9.97. The Bertz CT molecular complexity index is 575. The van der Waals surface area contributed by atoms with Gasteiger partial charge in [-0.3, -0.25) is 0 Å². The molecule has 0 fully saturated rings. The first-order valence-electron chi connectivity index (χ1n) is 8.98. The smallest absolute Gasteiger partial charge is 0.0101 e. The average Bonchev–Trinajstić information content (AvgIpc) is 2.57. The van der Waals surface area contributed by atoms with E-state index >= 15 is 0 Å². The molecular formula is C22H31NS. The molecule has 130 valence electrons. The van der Waals surface area contributed by atoms with Crippen molar-refractivity contribution in [2.75, 3.05) is 26.4 Å². The van der Waals surface area contributed by atoms with Crippen LogP contribution in [-0.2, 0) is 0 Å². The lowest BCUT2D eigenvalue weighted by Gasteiger charge is -2.20. The third-order valence-electron chi connectivity index (χ3n) is 4.31. The van der Waals surface area contributed by atoms with Crippen LogP contribution in [0.1, 0.15) is 43.7 Å². The maximum absolute atomic E-state index is 2.32. The molecule has 0 aromatic heterocycles. The Labute approximate surface area is 152 Å². The quantitative estimate of drug-likeness (QED) is 0.522. The van der Waals surface area contributed by atoms with Crippen LogP contribution >= 0.6 is 11.8 Å². The van der Waals surface area contributed by atoms with Crippen molar-refractivity contribution >= 4 is 11.8 Å². The van der Waals surface area contributed by atoms with Crippen molar-refractivity contribution in [3.63, 3.8) is 0 Å². The second-order valence-electron chi connectivity index (χ2n) is 7.16. The molecule has 2 rings (SSSR count). The van der Waals surface area contributed by atoms with Gasteiger partial charge >= 0.3 is 0 Å². The molecule has 0 aliphatic heterocycles. The highest BCUT2D eigenvalue weighted by Crippen LogP contribution is 2.30. The van der Waals surface area contributed by atoms with Gasteiger partial charge in [0.2, 0.25) is 0 Å². The summed E-state index contributed by atoms with van der Waals surface area (Å²) in [6.45, 7) is 5.68. The van der Waals surface area contributed by atoms with Crippen LogP contribution in [0.3, 0.4) is 0 Å². The summed E-state index contributed by atoms with van der Waals surface area (Å²) in [7, 11) is 4.30. The van der Waals surface area contributed by atoms with Gasteiger partial charge in [0.1, 0.15) is 0 Å². The minimum absolute atomic E-state index is 0.475. The van der Waals surface area contributed by atoms with Gasteiger partial charge in [0.25, 0.3) is 0 Å². The van der Waals surface area contributed by atoms with Crippen molar-refractivity contribution in [3.05, 3.63) is 65.7 Å². The van der Waals surface area contributed by atoms with Crippen LogP contribution in [0.25, 0.3) is 0 Å². The van der Waals surface area contributed by atoms with Gasteiger partial charge in [-0.25, -0.2) is 0 Å². The molecule has 0 spiro atoms. The van der Waals surface area contributed by atoms with E-state index < -0.39 is 0 Å². The maximum Gasteiger partial charge on any atom is 0.0101 e. The van der Waals surface area contributed by atoms with Crippen LogP contribution in [0, 0.1) is 5.92 Å². The van der Waals surface area contributed by atoms with Gasteiger partial charge in [0.15, 0.2) is 0 Å². The second kappa shape index (κ2) is 9.90. The van der Waals surface area contributed by atoms with E-state index in [1.807, 2.05) is 11.8 Å². The molecule has 2 heteroatoms. The molecule has 0 heterocycles. The lowest BCUT2D eigenvalue weighted by atomic mass is 9.88. The molecule has 0 aliphatic carbocycles. The summed E-state index contributed by atoms with van der Waals surface area (Å²) in [6, 6.07) is 20.1. The Kier molecular flexibility index (Phi) is 7.87. The third-order valence-corrected chi connectivity index (χ3v) is 5.36. The fourth-order valence-electron chi connectivity index (χ4n) is 2.81. The van der Waals surface area contributed by atoms with Crippen LogP contribution in [0.15, 0.2) is 59.5 Å². The normalized spacial score (nSPS) is 12.8. The number of benzene rings is 2. The summed E-state index contributed by atoms with van der Waals surface area (Å²) >= 11 is 1.98. The number of rotatable bonds is 9.